The zero-order valence-corrected chi connectivity index (χ0v) is 13.3. The number of aryl methyl sites for hydroxylation is 2. The fourth-order valence-electron chi connectivity index (χ4n) is 1.89. The third-order valence-electron chi connectivity index (χ3n) is 2.88. The molecule has 1 heterocycles. The molecule has 0 saturated carbocycles. The molecule has 1 aromatic rings. The summed E-state index contributed by atoms with van der Waals surface area (Å²) in [7, 11) is 0. The molecule has 1 rings (SSSR count). The molecule has 19 heavy (non-hydrogen) atoms. The molecule has 0 bridgehead atoms. The lowest BCUT2D eigenvalue weighted by atomic mass is 10.1. The standard InChI is InChI=1S/C14H24ClN3O/c1-6-18-12(13(15)10(2)17-18)9-11(19)7-8-16-14(3,4)5/h16H,6-9H2,1-5H3. The quantitative estimate of drug-likeness (QED) is 0.874. The Morgan fingerprint density at radius 2 is 2.05 bits per heavy atom. The summed E-state index contributed by atoms with van der Waals surface area (Å²) in [5.41, 5.74) is 1.67. The largest absolute Gasteiger partial charge is 0.312 e. The van der Waals surface area contributed by atoms with E-state index in [1.165, 1.54) is 0 Å². The van der Waals surface area contributed by atoms with Crippen LogP contribution in [0.5, 0.6) is 0 Å². The smallest absolute Gasteiger partial charge is 0.140 e. The van der Waals surface area contributed by atoms with Crippen LogP contribution < -0.4 is 5.32 Å². The number of carbonyl (C=O) groups excluding carboxylic acids is 1. The van der Waals surface area contributed by atoms with E-state index in [-0.39, 0.29) is 11.3 Å². The third-order valence-corrected chi connectivity index (χ3v) is 3.37. The van der Waals surface area contributed by atoms with Crippen molar-refractivity contribution < 1.29 is 4.79 Å². The summed E-state index contributed by atoms with van der Waals surface area (Å²) in [5.74, 6) is 0.188. The first kappa shape index (κ1) is 16.2. The molecule has 1 aromatic heterocycles. The van der Waals surface area contributed by atoms with E-state index in [2.05, 4.69) is 31.2 Å². The van der Waals surface area contributed by atoms with Gasteiger partial charge in [-0.15, -0.1) is 0 Å². The number of nitrogens with one attached hydrogen (secondary N) is 1. The first-order valence-electron chi connectivity index (χ1n) is 6.73. The van der Waals surface area contributed by atoms with Crippen LogP contribution in [-0.2, 0) is 17.8 Å². The molecule has 5 heteroatoms. The van der Waals surface area contributed by atoms with Crippen molar-refractivity contribution >= 4 is 17.4 Å². The van der Waals surface area contributed by atoms with Gasteiger partial charge in [0.05, 0.1) is 16.4 Å². The minimum Gasteiger partial charge on any atom is -0.312 e. The number of ketones is 1. The molecule has 0 aliphatic heterocycles. The van der Waals surface area contributed by atoms with Crippen LogP contribution in [0, 0.1) is 6.92 Å². The molecule has 0 aliphatic rings. The molecule has 0 saturated heterocycles. The molecule has 0 aromatic carbocycles. The molecule has 0 atom stereocenters. The number of hydrogen-bond donors (Lipinski definition) is 1. The minimum atomic E-state index is 0.0414. The average molecular weight is 286 g/mol. The van der Waals surface area contributed by atoms with E-state index >= 15 is 0 Å². The molecule has 0 fully saturated rings. The van der Waals surface area contributed by atoms with E-state index in [0.717, 1.165) is 17.9 Å². The van der Waals surface area contributed by atoms with Crippen LogP contribution >= 0.6 is 11.6 Å². The molecule has 4 nitrogen and oxygen atoms in total. The van der Waals surface area contributed by atoms with Crippen LogP contribution in [0.4, 0.5) is 0 Å². The summed E-state index contributed by atoms with van der Waals surface area (Å²) >= 11 is 6.19. The van der Waals surface area contributed by atoms with Crippen molar-refractivity contribution in [2.75, 3.05) is 6.54 Å². The second-order valence-corrected chi connectivity index (χ2v) is 6.18. The number of aromatic nitrogens is 2. The molecule has 0 unspecified atom stereocenters. The first-order chi connectivity index (χ1) is 8.74. The number of rotatable bonds is 6. The van der Waals surface area contributed by atoms with Crippen molar-refractivity contribution in [3.63, 3.8) is 0 Å². The Labute approximate surface area is 120 Å². The summed E-state index contributed by atoms with van der Waals surface area (Å²) < 4.78 is 1.81. The molecule has 0 spiro atoms. The van der Waals surface area contributed by atoms with Crippen molar-refractivity contribution in [3.8, 4) is 0 Å². The van der Waals surface area contributed by atoms with Crippen molar-refractivity contribution in [3.05, 3.63) is 16.4 Å². The van der Waals surface area contributed by atoms with Gasteiger partial charge in [0.1, 0.15) is 5.78 Å². The minimum absolute atomic E-state index is 0.0414. The van der Waals surface area contributed by atoms with Gasteiger partial charge in [0.25, 0.3) is 0 Å². The molecular formula is C14H24ClN3O. The van der Waals surface area contributed by atoms with Gasteiger partial charge in [-0.3, -0.25) is 9.48 Å². The highest BCUT2D eigenvalue weighted by atomic mass is 35.5. The van der Waals surface area contributed by atoms with E-state index in [9.17, 15) is 4.79 Å². The molecule has 0 aliphatic carbocycles. The lowest BCUT2D eigenvalue weighted by Gasteiger charge is -2.20. The summed E-state index contributed by atoms with van der Waals surface area (Å²) in [5, 5.41) is 8.25. The van der Waals surface area contributed by atoms with Crippen molar-refractivity contribution in [1.29, 1.82) is 0 Å². The van der Waals surface area contributed by atoms with E-state index < -0.39 is 0 Å². The van der Waals surface area contributed by atoms with Crippen LogP contribution in [0.3, 0.4) is 0 Å². The second-order valence-electron chi connectivity index (χ2n) is 5.80. The van der Waals surface area contributed by atoms with Gasteiger partial charge in [0.15, 0.2) is 0 Å². The fraction of sp³-hybridized carbons (Fsp3) is 0.714. The van der Waals surface area contributed by atoms with Gasteiger partial charge in [-0.05, 0) is 34.6 Å². The third kappa shape index (κ3) is 4.96. The zero-order valence-electron chi connectivity index (χ0n) is 12.5. The maximum Gasteiger partial charge on any atom is 0.140 e. The second kappa shape index (κ2) is 6.53. The van der Waals surface area contributed by atoms with E-state index in [0.29, 0.717) is 24.4 Å². The lowest BCUT2D eigenvalue weighted by Crippen LogP contribution is -2.37. The molecule has 1 N–H and O–H groups in total. The van der Waals surface area contributed by atoms with Gasteiger partial charge in [0, 0.05) is 31.5 Å². The van der Waals surface area contributed by atoms with Gasteiger partial charge in [-0.1, -0.05) is 11.6 Å². The maximum absolute atomic E-state index is 12.0. The molecular weight excluding hydrogens is 262 g/mol. The normalized spacial score (nSPS) is 11.9. The van der Waals surface area contributed by atoms with Crippen molar-refractivity contribution in [2.24, 2.45) is 0 Å². The van der Waals surface area contributed by atoms with Gasteiger partial charge < -0.3 is 5.32 Å². The maximum atomic E-state index is 12.0. The first-order valence-corrected chi connectivity index (χ1v) is 7.11. The number of carbonyl (C=O) groups is 1. The number of hydrogen-bond acceptors (Lipinski definition) is 3. The summed E-state index contributed by atoms with van der Waals surface area (Å²) in [6, 6.07) is 0. The Balaban J connectivity index is 2.58. The highest BCUT2D eigenvalue weighted by molar-refractivity contribution is 6.32. The van der Waals surface area contributed by atoms with Gasteiger partial charge in [0.2, 0.25) is 0 Å². The fourth-order valence-corrected chi connectivity index (χ4v) is 2.09. The van der Waals surface area contributed by atoms with Crippen molar-refractivity contribution in [1.82, 2.24) is 15.1 Å². The lowest BCUT2D eigenvalue weighted by molar-refractivity contribution is -0.118. The Morgan fingerprint density at radius 3 is 2.58 bits per heavy atom. The Kier molecular flexibility index (Phi) is 5.56. The van der Waals surface area contributed by atoms with Gasteiger partial charge >= 0.3 is 0 Å². The highest BCUT2D eigenvalue weighted by Crippen LogP contribution is 2.21. The van der Waals surface area contributed by atoms with E-state index in [1.807, 2.05) is 18.5 Å². The summed E-state index contributed by atoms with van der Waals surface area (Å²) in [4.78, 5) is 12.0. The zero-order chi connectivity index (χ0) is 14.6. The number of halogens is 1. The molecule has 0 amide bonds. The van der Waals surface area contributed by atoms with Crippen LogP contribution in [0.15, 0.2) is 0 Å². The molecule has 0 radical (unpaired) electrons. The highest BCUT2D eigenvalue weighted by Gasteiger charge is 2.16. The Morgan fingerprint density at radius 1 is 1.42 bits per heavy atom. The average Bonchev–Trinajstić information content (AvgIpc) is 2.55. The Bertz CT molecular complexity index is 446. The number of nitrogens with zero attached hydrogens (tertiary/aromatic N) is 2. The summed E-state index contributed by atoms with van der Waals surface area (Å²) in [6.07, 6.45) is 0.876. The van der Waals surface area contributed by atoms with Gasteiger partial charge in [-0.25, -0.2) is 0 Å². The van der Waals surface area contributed by atoms with E-state index in [4.69, 9.17) is 11.6 Å². The summed E-state index contributed by atoms with van der Waals surface area (Å²) in [6.45, 7) is 11.6. The SMILES string of the molecule is CCn1nc(C)c(Cl)c1CC(=O)CCNC(C)(C)C. The van der Waals surface area contributed by atoms with Crippen LogP contribution in [0.25, 0.3) is 0 Å². The van der Waals surface area contributed by atoms with Crippen LogP contribution in [0.2, 0.25) is 5.02 Å². The van der Waals surface area contributed by atoms with Crippen LogP contribution in [0.1, 0.15) is 45.5 Å². The van der Waals surface area contributed by atoms with Gasteiger partial charge in [-0.2, -0.15) is 5.10 Å². The van der Waals surface area contributed by atoms with Crippen molar-refractivity contribution in [2.45, 2.75) is 59.5 Å². The number of Topliss-reactive ketones (excluding diaryl/α,β-unsaturated/α-hetero) is 1. The monoisotopic (exact) mass is 285 g/mol. The molecule has 108 valence electrons. The predicted octanol–water partition coefficient (Wildman–Crippen LogP) is 2.75. The van der Waals surface area contributed by atoms with E-state index in [1.54, 1.807) is 0 Å². The predicted molar refractivity (Wildman–Crippen MR) is 78.7 cm³/mol. The van der Waals surface area contributed by atoms with Crippen LogP contribution in [-0.4, -0.2) is 27.6 Å². The topological polar surface area (TPSA) is 46.9 Å². The Hall–Kier alpha value is -0.870.